The van der Waals surface area contributed by atoms with Crippen molar-refractivity contribution in [3.05, 3.63) is 18.0 Å². The zero-order valence-corrected chi connectivity index (χ0v) is 11.5. The molecule has 0 unspecified atom stereocenters. The number of nitrogens with one attached hydrogen (secondary N) is 1. The molecule has 0 atom stereocenters. The third kappa shape index (κ3) is 4.88. The molecule has 0 bridgehead atoms. The second-order valence-electron chi connectivity index (χ2n) is 4.84. The van der Waals surface area contributed by atoms with Gasteiger partial charge in [0.2, 0.25) is 0 Å². The molecule has 1 N–H and O–H groups in total. The molecule has 1 aromatic heterocycles. The van der Waals surface area contributed by atoms with Crippen molar-refractivity contribution < 1.29 is 4.74 Å². The van der Waals surface area contributed by atoms with Gasteiger partial charge in [-0.3, -0.25) is 4.68 Å². The number of nitrogens with zero attached hydrogens (tertiary/aromatic N) is 2. The van der Waals surface area contributed by atoms with Crippen molar-refractivity contribution in [1.29, 1.82) is 0 Å². The van der Waals surface area contributed by atoms with Crippen LogP contribution in [0.4, 0.5) is 0 Å². The van der Waals surface area contributed by atoms with Crippen molar-refractivity contribution >= 4 is 0 Å². The highest BCUT2D eigenvalue weighted by Crippen LogP contribution is 2.07. The number of aromatic nitrogens is 2. The van der Waals surface area contributed by atoms with Crippen LogP contribution in [0, 0.1) is 0 Å². The van der Waals surface area contributed by atoms with Gasteiger partial charge in [0.25, 0.3) is 0 Å². The summed E-state index contributed by atoms with van der Waals surface area (Å²) in [5.74, 6) is 0. The van der Waals surface area contributed by atoms with Crippen LogP contribution in [0.25, 0.3) is 0 Å². The first-order valence-corrected chi connectivity index (χ1v) is 6.44. The molecule has 0 radical (unpaired) electrons. The van der Waals surface area contributed by atoms with Crippen molar-refractivity contribution in [2.24, 2.45) is 0 Å². The van der Waals surface area contributed by atoms with Crippen molar-refractivity contribution in [3.8, 4) is 0 Å². The van der Waals surface area contributed by atoms with E-state index < -0.39 is 0 Å². The normalized spacial score (nSPS) is 12.0. The number of aryl methyl sites for hydroxylation is 1. The third-order valence-corrected chi connectivity index (χ3v) is 2.63. The number of hydrogen-bond donors (Lipinski definition) is 1. The van der Waals surface area contributed by atoms with Crippen LogP contribution in [0.15, 0.2) is 12.3 Å². The maximum Gasteiger partial charge on any atom is 0.0750 e. The van der Waals surface area contributed by atoms with Crippen molar-refractivity contribution in [3.63, 3.8) is 0 Å². The lowest BCUT2D eigenvalue weighted by Gasteiger charge is -2.25. The predicted octanol–water partition coefficient (Wildman–Crippen LogP) is 2.20. The summed E-state index contributed by atoms with van der Waals surface area (Å²) in [6.07, 6.45) is 2.97. The first kappa shape index (κ1) is 14.2. The lowest BCUT2D eigenvalue weighted by molar-refractivity contribution is -0.00907. The predicted molar refractivity (Wildman–Crippen MR) is 69.9 cm³/mol. The molecule has 17 heavy (non-hydrogen) atoms. The minimum Gasteiger partial charge on any atom is -0.375 e. The highest BCUT2D eigenvalue weighted by Gasteiger charge is 2.16. The highest BCUT2D eigenvalue weighted by molar-refractivity contribution is 5.00. The van der Waals surface area contributed by atoms with Gasteiger partial charge in [-0.1, -0.05) is 6.92 Å². The number of hydrogen-bond acceptors (Lipinski definition) is 3. The van der Waals surface area contributed by atoms with E-state index in [9.17, 15) is 0 Å². The van der Waals surface area contributed by atoms with Crippen LogP contribution >= 0.6 is 0 Å². The Hall–Kier alpha value is -0.870. The molecule has 0 amide bonds. The zero-order valence-electron chi connectivity index (χ0n) is 11.5. The van der Waals surface area contributed by atoms with E-state index >= 15 is 0 Å². The minimum atomic E-state index is -0.107. The molecule has 0 spiro atoms. The third-order valence-electron chi connectivity index (χ3n) is 2.63. The van der Waals surface area contributed by atoms with Gasteiger partial charge in [-0.2, -0.15) is 5.10 Å². The molecule has 1 rings (SSSR count). The molecule has 0 saturated heterocycles. The van der Waals surface area contributed by atoms with Gasteiger partial charge in [-0.05, 0) is 33.3 Å². The van der Waals surface area contributed by atoms with Gasteiger partial charge < -0.3 is 10.1 Å². The summed E-state index contributed by atoms with van der Waals surface area (Å²) in [5.41, 5.74) is 1.13. The van der Waals surface area contributed by atoms with Crippen LogP contribution in [0.3, 0.4) is 0 Å². The van der Waals surface area contributed by atoms with Gasteiger partial charge in [0.05, 0.1) is 11.3 Å². The molecule has 0 saturated carbocycles. The number of rotatable bonds is 8. The summed E-state index contributed by atoms with van der Waals surface area (Å²) in [6.45, 7) is 11.8. The Kier molecular flexibility index (Phi) is 5.65. The molecule has 1 aromatic rings. The Morgan fingerprint density at radius 3 is 2.82 bits per heavy atom. The summed E-state index contributed by atoms with van der Waals surface area (Å²) in [4.78, 5) is 0. The average Bonchev–Trinajstić information content (AvgIpc) is 2.66. The zero-order chi connectivity index (χ0) is 12.7. The second kappa shape index (κ2) is 6.77. The molecule has 0 aliphatic carbocycles. The summed E-state index contributed by atoms with van der Waals surface area (Å²) >= 11 is 0. The molecule has 0 aromatic carbocycles. The van der Waals surface area contributed by atoms with Crippen LogP contribution in [0.5, 0.6) is 0 Å². The topological polar surface area (TPSA) is 39.1 Å². The van der Waals surface area contributed by atoms with Crippen molar-refractivity contribution in [1.82, 2.24) is 15.1 Å². The molecular weight excluding hydrogens is 214 g/mol. The molecule has 0 aliphatic rings. The van der Waals surface area contributed by atoms with E-state index in [2.05, 4.69) is 41.9 Å². The van der Waals surface area contributed by atoms with E-state index in [4.69, 9.17) is 4.74 Å². The van der Waals surface area contributed by atoms with Crippen LogP contribution < -0.4 is 5.32 Å². The maximum atomic E-state index is 5.64. The Bertz CT molecular complexity index is 320. The lowest BCUT2D eigenvalue weighted by atomic mass is 10.1. The molecular formula is C13H25N3O. The molecule has 0 aliphatic heterocycles. The van der Waals surface area contributed by atoms with Crippen LogP contribution in [-0.2, 0) is 17.8 Å². The van der Waals surface area contributed by atoms with E-state index in [0.717, 1.165) is 32.7 Å². The fraction of sp³-hybridized carbons (Fsp3) is 0.769. The highest BCUT2D eigenvalue weighted by atomic mass is 16.5. The monoisotopic (exact) mass is 239 g/mol. The Morgan fingerprint density at radius 2 is 2.18 bits per heavy atom. The fourth-order valence-corrected chi connectivity index (χ4v) is 1.86. The van der Waals surface area contributed by atoms with Gasteiger partial charge in [-0.25, -0.2) is 0 Å². The Labute approximate surface area is 104 Å². The molecule has 4 heteroatoms. The smallest absolute Gasteiger partial charge is 0.0750 e. The lowest BCUT2D eigenvalue weighted by Crippen LogP contribution is -2.37. The van der Waals surface area contributed by atoms with Crippen LogP contribution in [0.2, 0.25) is 0 Å². The summed E-state index contributed by atoms with van der Waals surface area (Å²) in [7, 11) is 0. The second-order valence-corrected chi connectivity index (χ2v) is 4.84. The summed E-state index contributed by atoms with van der Waals surface area (Å²) in [6, 6.07) is 2.07. The quantitative estimate of drug-likeness (QED) is 0.756. The molecule has 0 fully saturated rings. The van der Waals surface area contributed by atoms with Crippen LogP contribution in [0.1, 0.15) is 39.8 Å². The molecule has 98 valence electrons. The average molecular weight is 239 g/mol. The minimum absolute atomic E-state index is 0.107. The maximum absolute atomic E-state index is 5.64. The van der Waals surface area contributed by atoms with E-state index in [1.54, 1.807) is 0 Å². The van der Waals surface area contributed by atoms with E-state index in [-0.39, 0.29) is 5.60 Å². The Morgan fingerprint density at radius 1 is 1.41 bits per heavy atom. The van der Waals surface area contributed by atoms with Crippen molar-refractivity contribution in [2.75, 3.05) is 13.2 Å². The van der Waals surface area contributed by atoms with Crippen LogP contribution in [-0.4, -0.2) is 28.5 Å². The van der Waals surface area contributed by atoms with E-state index in [1.165, 1.54) is 5.69 Å². The largest absolute Gasteiger partial charge is 0.375 e. The fourth-order valence-electron chi connectivity index (χ4n) is 1.86. The first-order chi connectivity index (χ1) is 8.09. The molecule has 1 heterocycles. The molecule has 4 nitrogen and oxygen atoms in total. The van der Waals surface area contributed by atoms with Gasteiger partial charge >= 0.3 is 0 Å². The van der Waals surface area contributed by atoms with Gasteiger partial charge in [0.1, 0.15) is 0 Å². The van der Waals surface area contributed by atoms with E-state index in [0.29, 0.717) is 0 Å². The number of ether oxygens (including phenoxy) is 1. The van der Waals surface area contributed by atoms with Gasteiger partial charge in [0.15, 0.2) is 0 Å². The summed E-state index contributed by atoms with van der Waals surface area (Å²) < 4.78 is 7.70. The Balaban J connectivity index is 2.37. The first-order valence-electron chi connectivity index (χ1n) is 6.44. The van der Waals surface area contributed by atoms with Gasteiger partial charge in [0, 0.05) is 32.4 Å². The van der Waals surface area contributed by atoms with Crippen molar-refractivity contribution in [2.45, 2.75) is 52.8 Å². The summed E-state index contributed by atoms with van der Waals surface area (Å²) in [5, 5.41) is 7.73. The SMILES string of the molecule is CCCn1nccc1CNCC(C)(C)OCC. The van der Waals surface area contributed by atoms with Gasteiger partial charge in [-0.15, -0.1) is 0 Å². The van der Waals surface area contributed by atoms with E-state index in [1.807, 2.05) is 13.1 Å². The standard InChI is InChI=1S/C13H25N3O/c1-5-9-16-12(7-8-15-16)10-14-11-13(3,4)17-6-2/h7-8,14H,5-6,9-11H2,1-4H3.